The van der Waals surface area contributed by atoms with E-state index in [1.807, 2.05) is 6.07 Å². The van der Waals surface area contributed by atoms with E-state index >= 15 is 0 Å². The van der Waals surface area contributed by atoms with Gasteiger partial charge in [-0.05, 0) is 23.8 Å². The second kappa shape index (κ2) is 5.06. The van der Waals surface area contributed by atoms with Crippen LogP contribution in [0.2, 0.25) is 5.02 Å². The van der Waals surface area contributed by atoms with E-state index in [4.69, 9.17) is 21.4 Å². The number of pyridine rings is 1. The molecular weight excluding hydrogens is 254 g/mol. The molecule has 18 heavy (non-hydrogen) atoms. The van der Waals surface area contributed by atoms with Crippen molar-refractivity contribution in [3.63, 3.8) is 0 Å². The third-order valence-corrected chi connectivity index (χ3v) is 2.67. The zero-order valence-corrected chi connectivity index (χ0v) is 10.3. The summed E-state index contributed by atoms with van der Waals surface area (Å²) in [4.78, 5) is 15.1. The van der Waals surface area contributed by atoms with Crippen molar-refractivity contribution in [2.75, 3.05) is 7.11 Å². The van der Waals surface area contributed by atoms with E-state index in [0.717, 1.165) is 5.56 Å². The van der Waals surface area contributed by atoms with Crippen LogP contribution in [0, 0.1) is 0 Å². The van der Waals surface area contributed by atoms with Crippen LogP contribution in [-0.2, 0) is 0 Å². The van der Waals surface area contributed by atoms with Crippen LogP contribution in [0.15, 0.2) is 36.5 Å². The van der Waals surface area contributed by atoms with E-state index in [1.54, 1.807) is 24.4 Å². The van der Waals surface area contributed by atoms with Gasteiger partial charge in [-0.25, -0.2) is 9.78 Å². The highest BCUT2D eigenvalue weighted by molar-refractivity contribution is 6.30. The van der Waals surface area contributed by atoms with Gasteiger partial charge in [-0.1, -0.05) is 23.7 Å². The summed E-state index contributed by atoms with van der Waals surface area (Å²) in [5.41, 5.74) is 1.51. The van der Waals surface area contributed by atoms with Gasteiger partial charge in [0.25, 0.3) is 0 Å². The average molecular weight is 264 g/mol. The van der Waals surface area contributed by atoms with Gasteiger partial charge in [0.1, 0.15) is 5.56 Å². The molecule has 1 N–H and O–H groups in total. The Labute approximate surface area is 109 Å². The van der Waals surface area contributed by atoms with Gasteiger partial charge >= 0.3 is 5.97 Å². The quantitative estimate of drug-likeness (QED) is 0.924. The summed E-state index contributed by atoms with van der Waals surface area (Å²) in [6.07, 6.45) is 1.55. The van der Waals surface area contributed by atoms with E-state index < -0.39 is 5.97 Å². The molecule has 0 saturated heterocycles. The zero-order valence-electron chi connectivity index (χ0n) is 9.55. The Morgan fingerprint density at radius 3 is 2.72 bits per heavy atom. The van der Waals surface area contributed by atoms with Crippen LogP contribution in [0.3, 0.4) is 0 Å². The van der Waals surface area contributed by atoms with E-state index in [0.29, 0.717) is 10.6 Å². The van der Waals surface area contributed by atoms with Crippen LogP contribution in [-0.4, -0.2) is 23.2 Å². The summed E-state index contributed by atoms with van der Waals surface area (Å²) in [5.74, 6) is -0.989. The molecule has 0 saturated carbocycles. The lowest BCUT2D eigenvalue weighted by Crippen LogP contribution is -2.02. The number of aromatic nitrogens is 1. The highest BCUT2D eigenvalue weighted by Crippen LogP contribution is 2.26. The maximum atomic E-state index is 11.1. The fourth-order valence-electron chi connectivity index (χ4n) is 1.59. The molecule has 0 unspecified atom stereocenters. The van der Waals surface area contributed by atoms with Crippen molar-refractivity contribution in [2.24, 2.45) is 0 Å². The van der Waals surface area contributed by atoms with Gasteiger partial charge in [-0.15, -0.1) is 0 Å². The van der Waals surface area contributed by atoms with E-state index in [-0.39, 0.29) is 11.4 Å². The molecule has 2 aromatic rings. The van der Waals surface area contributed by atoms with Crippen LogP contribution in [0.4, 0.5) is 0 Å². The molecule has 92 valence electrons. The molecular formula is C13H10ClNO3. The Balaban J connectivity index is 2.53. The molecule has 0 spiro atoms. The largest absolute Gasteiger partial charge is 0.480 e. The molecule has 1 aromatic heterocycles. The van der Waals surface area contributed by atoms with Crippen molar-refractivity contribution < 1.29 is 14.6 Å². The fraction of sp³-hybridized carbons (Fsp3) is 0.0769. The molecule has 4 nitrogen and oxygen atoms in total. The number of hydrogen-bond donors (Lipinski definition) is 1. The maximum Gasteiger partial charge on any atom is 0.341 e. The van der Waals surface area contributed by atoms with Gasteiger partial charge in [0.05, 0.1) is 7.11 Å². The first-order chi connectivity index (χ1) is 8.61. The Kier molecular flexibility index (Phi) is 3.48. The van der Waals surface area contributed by atoms with Crippen LogP contribution >= 0.6 is 11.6 Å². The third-order valence-electron chi connectivity index (χ3n) is 2.43. The van der Waals surface area contributed by atoms with Crippen molar-refractivity contribution in [3.05, 3.63) is 47.1 Å². The lowest BCUT2D eigenvalue weighted by atomic mass is 10.1. The van der Waals surface area contributed by atoms with Crippen molar-refractivity contribution in [3.8, 4) is 17.0 Å². The van der Waals surface area contributed by atoms with Crippen LogP contribution in [0.25, 0.3) is 11.1 Å². The first kappa shape index (κ1) is 12.4. The monoisotopic (exact) mass is 263 g/mol. The van der Waals surface area contributed by atoms with Crippen molar-refractivity contribution in [1.82, 2.24) is 4.98 Å². The van der Waals surface area contributed by atoms with Gasteiger partial charge in [0, 0.05) is 16.8 Å². The number of carboxylic acids is 1. The first-order valence-corrected chi connectivity index (χ1v) is 5.53. The second-order valence-corrected chi connectivity index (χ2v) is 4.03. The van der Waals surface area contributed by atoms with Gasteiger partial charge in [0.2, 0.25) is 5.88 Å². The Hall–Kier alpha value is -2.07. The zero-order chi connectivity index (χ0) is 13.1. The number of carboxylic acid groups (broad SMARTS) is 1. The minimum absolute atomic E-state index is 0.0231. The molecule has 1 aromatic carbocycles. The summed E-state index contributed by atoms with van der Waals surface area (Å²) in [7, 11) is 1.38. The Morgan fingerprint density at radius 2 is 2.11 bits per heavy atom. The molecule has 1 heterocycles. The molecule has 0 aliphatic carbocycles. The molecule has 0 fully saturated rings. The minimum atomic E-state index is -1.08. The summed E-state index contributed by atoms with van der Waals surface area (Å²) in [6, 6.07) is 8.64. The molecule has 2 rings (SSSR count). The number of methoxy groups -OCH3 is 1. The summed E-state index contributed by atoms with van der Waals surface area (Å²) in [5, 5.41) is 9.66. The highest BCUT2D eigenvalue weighted by atomic mass is 35.5. The van der Waals surface area contributed by atoms with Gasteiger partial charge in [0.15, 0.2) is 0 Å². The molecule has 0 aliphatic heterocycles. The molecule has 0 bridgehead atoms. The summed E-state index contributed by atoms with van der Waals surface area (Å²) >= 11 is 5.89. The highest BCUT2D eigenvalue weighted by Gasteiger charge is 2.13. The number of nitrogens with zero attached hydrogens (tertiary/aromatic N) is 1. The normalized spacial score (nSPS) is 10.1. The van der Waals surface area contributed by atoms with Crippen molar-refractivity contribution in [2.45, 2.75) is 0 Å². The van der Waals surface area contributed by atoms with Crippen LogP contribution < -0.4 is 4.74 Å². The fourth-order valence-corrected chi connectivity index (χ4v) is 1.78. The lowest BCUT2D eigenvalue weighted by molar-refractivity contribution is 0.0692. The molecule has 0 radical (unpaired) electrons. The Bertz CT molecular complexity index is 599. The number of hydrogen-bond acceptors (Lipinski definition) is 3. The smallest absolute Gasteiger partial charge is 0.341 e. The average Bonchev–Trinajstić information content (AvgIpc) is 2.38. The number of benzene rings is 1. The predicted molar refractivity (Wildman–Crippen MR) is 68.2 cm³/mol. The molecule has 5 heteroatoms. The van der Waals surface area contributed by atoms with E-state index in [2.05, 4.69) is 4.98 Å². The Morgan fingerprint density at radius 1 is 1.33 bits per heavy atom. The van der Waals surface area contributed by atoms with Crippen LogP contribution in [0.5, 0.6) is 5.88 Å². The number of ether oxygens (including phenoxy) is 1. The maximum absolute atomic E-state index is 11.1. The van der Waals surface area contributed by atoms with Gasteiger partial charge in [-0.3, -0.25) is 0 Å². The van der Waals surface area contributed by atoms with E-state index in [1.165, 1.54) is 13.2 Å². The number of aromatic carboxylic acids is 1. The van der Waals surface area contributed by atoms with Crippen molar-refractivity contribution >= 4 is 17.6 Å². The number of halogens is 1. The van der Waals surface area contributed by atoms with Crippen LogP contribution in [0.1, 0.15) is 10.4 Å². The first-order valence-electron chi connectivity index (χ1n) is 5.15. The van der Waals surface area contributed by atoms with Gasteiger partial charge < -0.3 is 9.84 Å². The SMILES string of the molecule is COc1ncc(-c2cccc(Cl)c2)cc1C(=O)O. The summed E-state index contributed by atoms with van der Waals surface area (Å²) in [6.45, 7) is 0. The topological polar surface area (TPSA) is 59.4 Å². The minimum Gasteiger partial charge on any atom is -0.480 e. The lowest BCUT2D eigenvalue weighted by Gasteiger charge is -2.07. The summed E-state index contributed by atoms with van der Waals surface area (Å²) < 4.78 is 4.90. The van der Waals surface area contributed by atoms with Crippen molar-refractivity contribution in [1.29, 1.82) is 0 Å². The predicted octanol–water partition coefficient (Wildman–Crippen LogP) is 3.11. The van der Waals surface area contributed by atoms with Gasteiger partial charge in [-0.2, -0.15) is 0 Å². The molecule has 0 atom stereocenters. The third kappa shape index (κ3) is 2.43. The standard InChI is InChI=1S/C13H10ClNO3/c1-18-12-11(13(16)17)6-9(7-15-12)8-3-2-4-10(14)5-8/h2-7H,1H3,(H,16,17). The second-order valence-electron chi connectivity index (χ2n) is 3.60. The number of carbonyl (C=O) groups is 1. The molecule has 0 aliphatic rings. The molecule has 0 amide bonds. The number of rotatable bonds is 3. The van der Waals surface area contributed by atoms with E-state index in [9.17, 15) is 4.79 Å².